The third-order valence-electron chi connectivity index (χ3n) is 2.61. The number of fused-ring (bicyclic) bond motifs is 1. The van der Waals surface area contributed by atoms with Crippen LogP contribution >= 0.6 is 12.4 Å². The summed E-state index contributed by atoms with van der Waals surface area (Å²) in [5, 5.41) is 4.41. The van der Waals surface area contributed by atoms with Gasteiger partial charge in [-0.1, -0.05) is 6.07 Å². The highest BCUT2D eigenvalue weighted by molar-refractivity contribution is 5.91. The van der Waals surface area contributed by atoms with Gasteiger partial charge >= 0.3 is 0 Å². The maximum Gasteiger partial charge on any atom is 0.121 e. The number of halogens is 1. The standard InChI is InChI=1S/C13H17N3O.ClH/c1-17-11-8-10-4-2-6-16-13(10)12(9-11)15-7-3-5-14;/h2,4,6,8-9,15H,3,5,7,14H2,1H3;1H. The van der Waals surface area contributed by atoms with Gasteiger partial charge in [0.2, 0.25) is 0 Å². The molecule has 1 aromatic carbocycles. The largest absolute Gasteiger partial charge is 0.497 e. The summed E-state index contributed by atoms with van der Waals surface area (Å²) in [7, 11) is 1.67. The van der Waals surface area contributed by atoms with Crippen molar-refractivity contribution in [2.24, 2.45) is 5.73 Å². The van der Waals surface area contributed by atoms with E-state index in [1.165, 1.54) is 0 Å². The first-order chi connectivity index (χ1) is 8.35. The minimum atomic E-state index is 0. The van der Waals surface area contributed by atoms with Crippen molar-refractivity contribution in [2.75, 3.05) is 25.5 Å². The lowest BCUT2D eigenvalue weighted by atomic mass is 10.1. The van der Waals surface area contributed by atoms with Crippen LogP contribution in [0.5, 0.6) is 5.75 Å². The minimum absolute atomic E-state index is 0. The number of nitrogens with one attached hydrogen (secondary N) is 1. The van der Waals surface area contributed by atoms with Gasteiger partial charge in [-0.3, -0.25) is 4.98 Å². The maximum absolute atomic E-state index is 5.48. The summed E-state index contributed by atoms with van der Waals surface area (Å²) in [4.78, 5) is 4.39. The summed E-state index contributed by atoms with van der Waals surface area (Å²) in [6.07, 6.45) is 2.73. The summed E-state index contributed by atoms with van der Waals surface area (Å²) < 4.78 is 5.28. The Kier molecular flexibility index (Phi) is 5.68. The predicted molar refractivity (Wildman–Crippen MR) is 77.7 cm³/mol. The minimum Gasteiger partial charge on any atom is -0.497 e. The fourth-order valence-electron chi connectivity index (χ4n) is 1.74. The third-order valence-corrected chi connectivity index (χ3v) is 2.61. The Balaban J connectivity index is 0.00000162. The van der Waals surface area contributed by atoms with E-state index in [9.17, 15) is 0 Å². The normalized spacial score (nSPS) is 9.89. The summed E-state index contributed by atoms with van der Waals surface area (Å²) in [5.41, 5.74) is 7.44. The van der Waals surface area contributed by atoms with Gasteiger partial charge < -0.3 is 15.8 Å². The molecule has 98 valence electrons. The molecule has 1 aromatic heterocycles. The molecule has 3 N–H and O–H groups in total. The van der Waals surface area contributed by atoms with Crippen LogP contribution in [0.4, 0.5) is 5.69 Å². The number of pyridine rings is 1. The van der Waals surface area contributed by atoms with E-state index in [1.54, 1.807) is 13.3 Å². The lowest BCUT2D eigenvalue weighted by Crippen LogP contribution is -2.09. The van der Waals surface area contributed by atoms with Crippen LogP contribution in [0.1, 0.15) is 6.42 Å². The van der Waals surface area contributed by atoms with Crippen LogP contribution in [0.15, 0.2) is 30.5 Å². The quantitative estimate of drug-likeness (QED) is 0.817. The van der Waals surface area contributed by atoms with E-state index in [0.717, 1.165) is 35.3 Å². The van der Waals surface area contributed by atoms with E-state index in [1.807, 2.05) is 24.3 Å². The molecule has 0 atom stereocenters. The van der Waals surface area contributed by atoms with Crippen LogP contribution in [-0.2, 0) is 0 Å². The van der Waals surface area contributed by atoms with Crippen molar-refractivity contribution in [1.29, 1.82) is 0 Å². The van der Waals surface area contributed by atoms with Crippen molar-refractivity contribution < 1.29 is 4.74 Å². The summed E-state index contributed by atoms with van der Waals surface area (Å²) in [6, 6.07) is 7.90. The van der Waals surface area contributed by atoms with Crippen molar-refractivity contribution in [3.8, 4) is 5.75 Å². The Labute approximate surface area is 113 Å². The van der Waals surface area contributed by atoms with Crippen LogP contribution < -0.4 is 15.8 Å². The van der Waals surface area contributed by atoms with E-state index >= 15 is 0 Å². The highest BCUT2D eigenvalue weighted by Gasteiger charge is 2.04. The molecule has 1 heterocycles. The van der Waals surface area contributed by atoms with E-state index in [4.69, 9.17) is 10.5 Å². The number of ether oxygens (including phenoxy) is 1. The lowest BCUT2D eigenvalue weighted by molar-refractivity contribution is 0.415. The Bertz CT molecular complexity index is 505. The van der Waals surface area contributed by atoms with Gasteiger partial charge in [-0.25, -0.2) is 0 Å². The third kappa shape index (κ3) is 3.24. The van der Waals surface area contributed by atoms with Crippen LogP contribution in [-0.4, -0.2) is 25.2 Å². The molecule has 0 aliphatic carbocycles. The molecule has 0 bridgehead atoms. The zero-order valence-electron chi connectivity index (χ0n) is 10.3. The van der Waals surface area contributed by atoms with E-state index in [-0.39, 0.29) is 12.4 Å². The summed E-state index contributed by atoms with van der Waals surface area (Å²) in [5.74, 6) is 0.834. The second kappa shape index (κ2) is 7.03. The molecule has 0 radical (unpaired) electrons. The SMILES string of the molecule is COc1cc(NCCCN)c2ncccc2c1.Cl. The van der Waals surface area contributed by atoms with Crippen molar-refractivity contribution in [2.45, 2.75) is 6.42 Å². The number of nitrogens with zero attached hydrogens (tertiary/aromatic N) is 1. The lowest BCUT2D eigenvalue weighted by Gasteiger charge is -2.10. The van der Waals surface area contributed by atoms with Gasteiger partial charge in [-0.2, -0.15) is 0 Å². The first kappa shape index (κ1) is 14.5. The predicted octanol–water partition coefficient (Wildman–Crippen LogP) is 2.43. The zero-order chi connectivity index (χ0) is 12.1. The van der Waals surface area contributed by atoms with Gasteiger partial charge in [0, 0.05) is 24.2 Å². The van der Waals surface area contributed by atoms with Crippen LogP contribution in [0.25, 0.3) is 10.9 Å². The molecule has 4 nitrogen and oxygen atoms in total. The second-order valence-corrected chi connectivity index (χ2v) is 3.82. The number of methoxy groups -OCH3 is 1. The van der Waals surface area contributed by atoms with Crippen LogP contribution in [0.3, 0.4) is 0 Å². The maximum atomic E-state index is 5.48. The van der Waals surface area contributed by atoms with Gasteiger partial charge in [0.05, 0.1) is 18.3 Å². The molecular weight excluding hydrogens is 250 g/mol. The van der Waals surface area contributed by atoms with Gasteiger partial charge in [0.25, 0.3) is 0 Å². The highest BCUT2D eigenvalue weighted by atomic mass is 35.5. The molecule has 18 heavy (non-hydrogen) atoms. The average molecular weight is 268 g/mol. The molecule has 0 spiro atoms. The highest BCUT2D eigenvalue weighted by Crippen LogP contribution is 2.27. The Morgan fingerprint density at radius 1 is 1.39 bits per heavy atom. The fraction of sp³-hybridized carbons (Fsp3) is 0.308. The van der Waals surface area contributed by atoms with Crippen LogP contribution in [0.2, 0.25) is 0 Å². The molecule has 0 saturated carbocycles. The van der Waals surface area contributed by atoms with Crippen molar-refractivity contribution in [3.63, 3.8) is 0 Å². The molecule has 0 fully saturated rings. The summed E-state index contributed by atoms with van der Waals surface area (Å²) >= 11 is 0. The first-order valence-electron chi connectivity index (χ1n) is 5.72. The topological polar surface area (TPSA) is 60.2 Å². The van der Waals surface area contributed by atoms with Crippen molar-refractivity contribution in [3.05, 3.63) is 30.5 Å². The Hall–Kier alpha value is -1.52. The number of anilines is 1. The molecule has 2 aromatic rings. The van der Waals surface area contributed by atoms with E-state index in [2.05, 4.69) is 10.3 Å². The van der Waals surface area contributed by atoms with E-state index < -0.39 is 0 Å². The molecule has 0 amide bonds. The zero-order valence-corrected chi connectivity index (χ0v) is 11.2. The molecule has 5 heteroatoms. The molecular formula is C13H18ClN3O. The van der Waals surface area contributed by atoms with Gasteiger partial charge in [-0.05, 0) is 25.1 Å². The molecule has 0 unspecified atom stereocenters. The first-order valence-corrected chi connectivity index (χ1v) is 5.72. The number of rotatable bonds is 5. The van der Waals surface area contributed by atoms with Gasteiger partial charge in [-0.15, -0.1) is 12.4 Å². The van der Waals surface area contributed by atoms with Gasteiger partial charge in [0.15, 0.2) is 0 Å². The van der Waals surface area contributed by atoms with Crippen LogP contribution in [0, 0.1) is 0 Å². The monoisotopic (exact) mass is 267 g/mol. The van der Waals surface area contributed by atoms with Crippen molar-refractivity contribution >= 4 is 29.0 Å². The van der Waals surface area contributed by atoms with Crippen molar-refractivity contribution in [1.82, 2.24) is 4.98 Å². The number of aromatic nitrogens is 1. The molecule has 0 aliphatic rings. The molecule has 0 aliphatic heterocycles. The fourth-order valence-corrected chi connectivity index (χ4v) is 1.74. The number of benzene rings is 1. The Morgan fingerprint density at radius 3 is 2.94 bits per heavy atom. The average Bonchev–Trinajstić information content (AvgIpc) is 2.38. The van der Waals surface area contributed by atoms with Gasteiger partial charge in [0.1, 0.15) is 5.75 Å². The molecule has 0 saturated heterocycles. The number of nitrogens with two attached hydrogens (primary N) is 1. The smallest absolute Gasteiger partial charge is 0.121 e. The molecule has 2 rings (SSSR count). The second-order valence-electron chi connectivity index (χ2n) is 3.82. The Morgan fingerprint density at radius 2 is 2.22 bits per heavy atom. The number of hydrogen-bond acceptors (Lipinski definition) is 4. The van der Waals surface area contributed by atoms with E-state index in [0.29, 0.717) is 6.54 Å². The number of hydrogen-bond donors (Lipinski definition) is 2. The summed E-state index contributed by atoms with van der Waals surface area (Å²) in [6.45, 7) is 1.53.